The summed E-state index contributed by atoms with van der Waals surface area (Å²) in [5.41, 5.74) is 0.568. The van der Waals surface area contributed by atoms with Gasteiger partial charge in [-0.1, -0.05) is 6.07 Å². The first-order chi connectivity index (χ1) is 12.3. The van der Waals surface area contributed by atoms with Crippen molar-refractivity contribution in [1.29, 1.82) is 0 Å². The normalized spacial score (nSPS) is 13.6. The van der Waals surface area contributed by atoms with E-state index >= 15 is 0 Å². The van der Waals surface area contributed by atoms with E-state index in [0.29, 0.717) is 42.4 Å². The van der Waals surface area contributed by atoms with E-state index in [0.717, 1.165) is 12.1 Å². The second-order valence-corrected chi connectivity index (χ2v) is 6.93. The average Bonchev–Trinajstić information content (AvgIpc) is 2.61. The van der Waals surface area contributed by atoms with Gasteiger partial charge in [0.25, 0.3) is 15.9 Å². The molecule has 0 fully saturated rings. The predicted molar refractivity (Wildman–Crippen MR) is 88.2 cm³/mol. The molecule has 1 N–H and O–H groups in total. The van der Waals surface area contributed by atoms with Gasteiger partial charge in [-0.25, -0.2) is 21.9 Å². The lowest BCUT2D eigenvalue weighted by atomic mass is 10.2. The highest BCUT2D eigenvalue weighted by Gasteiger charge is 2.21. The molecule has 1 heterocycles. The molecule has 1 aliphatic rings. The number of nitrogens with one attached hydrogen (secondary N) is 1. The fourth-order valence-corrected chi connectivity index (χ4v) is 3.28. The number of hydrogen-bond donors (Lipinski definition) is 1. The molecule has 0 aliphatic carbocycles. The smallest absolute Gasteiger partial charge is 0.267 e. The van der Waals surface area contributed by atoms with Gasteiger partial charge in [0.05, 0.1) is 0 Å². The molecule has 3 rings (SSSR count). The molecule has 2 aromatic rings. The monoisotopic (exact) mass is 381 g/mol. The molecule has 0 unspecified atom stereocenters. The summed E-state index contributed by atoms with van der Waals surface area (Å²) in [6.45, 7) is 0.844. The molecule has 1 aliphatic heterocycles. The summed E-state index contributed by atoms with van der Waals surface area (Å²) in [6, 6.07) is 6.87. The number of sulfonamides is 1. The largest absolute Gasteiger partial charge is 0.486 e. The minimum atomic E-state index is -4.54. The molecule has 0 radical (unpaired) electrons. The van der Waals surface area contributed by atoms with E-state index in [1.165, 1.54) is 6.08 Å². The van der Waals surface area contributed by atoms with Crippen molar-refractivity contribution in [3.8, 4) is 11.5 Å². The van der Waals surface area contributed by atoms with Gasteiger partial charge in [-0.3, -0.25) is 4.79 Å². The molecular weight excluding hydrogens is 368 g/mol. The van der Waals surface area contributed by atoms with Gasteiger partial charge in [-0.15, -0.1) is 0 Å². The Bertz CT molecular complexity index is 989. The third-order valence-electron chi connectivity index (χ3n) is 3.41. The van der Waals surface area contributed by atoms with E-state index in [-0.39, 0.29) is 0 Å². The Morgan fingerprint density at radius 3 is 2.54 bits per heavy atom. The van der Waals surface area contributed by atoms with Gasteiger partial charge < -0.3 is 9.47 Å². The molecule has 0 aromatic heterocycles. The van der Waals surface area contributed by atoms with Gasteiger partial charge in [0.2, 0.25) is 0 Å². The highest BCUT2D eigenvalue weighted by atomic mass is 32.2. The lowest BCUT2D eigenvalue weighted by Gasteiger charge is -2.18. The Hall–Kier alpha value is -2.94. The highest BCUT2D eigenvalue weighted by molar-refractivity contribution is 7.90. The van der Waals surface area contributed by atoms with Crippen LogP contribution in [0.2, 0.25) is 0 Å². The third-order valence-corrected chi connectivity index (χ3v) is 4.77. The fourth-order valence-electron chi connectivity index (χ4n) is 2.24. The number of fused-ring (bicyclic) bond motifs is 1. The van der Waals surface area contributed by atoms with Crippen LogP contribution in [0.4, 0.5) is 8.78 Å². The Morgan fingerprint density at radius 1 is 1.04 bits per heavy atom. The maximum Gasteiger partial charge on any atom is 0.267 e. The second-order valence-electron chi connectivity index (χ2n) is 5.28. The van der Waals surface area contributed by atoms with Crippen LogP contribution in [0.15, 0.2) is 47.4 Å². The SMILES string of the molecule is O=C(C=Cc1ccc2c(c1)OCCO2)NS(=O)(=O)c1cc(F)ccc1F. The molecule has 1 amide bonds. The summed E-state index contributed by atoms with van der Waals surface area (Å²) >= 11 is 0. The van der Waals surface area contributed by atoms with Crippen molar-refractivity contribution in [3.05, 3.63) is 59.7 Å². The van der Waals surface area contributed by atoms with Crippen LogP contribution in [0.1, 0.15) is 5.56 Å². The first-order valence-electron chi connectivity index (χ1n) is 7.45. The van der Waals surface area contributed by atoms with Crippen molar-refractivity contribution in [2.75, 3.05) is 13.2 Å². The molecule has 0 saturated heterocycles. The molecule has 2 aromatic carbocycles. The molecule has 0 saturated carbocycles. The summed E-state index contributed by atoms with van der Waals surface area (Å²) in [6.07, 6.45) is 2.31. The van der Waals surface area contributed by atoms with Crippen molar-refractivity contribution in [2.24, 2.45) is 0 Å². The Morgan fingerprint density at radius 2 is 1.77 bits per heavy atom. The number of halogens is 2. The van der Waals surface area contributed by atoms with Crippen LogP contribution in [-0.2, 0) is 14.8 Å². The van der Waals surface area contributed by atoms with Crippen LogP contribution < -0.4 is 14.2 Å². The predicted octanol–water partition coefficient (Wildman–Crippen LogP) is 2.25. The van der Waals surface area contributed by atoms with Gasteiger partial charge in [-0.05, 0) is 42.0 Å². The van der Waals surface area contributed by atoms with Crippen LogP contribution in [0.25, 0.3) is 6.08 Å². The minimum Gasteiger partial charge on any atom is -0.486 e. The maximum absolute atomic E-state index is 13.6. The zero-order valence-electron chi connectivity index (χ0n) is 13.2. The Kier molecular flexibility index (Phi) is 4.90. The Balaban J connectivity index is 1.74. The lowest BCUT2D eigenvalue weighted by Crippen LogP contribution is -2.29. The summed E-state index contributed by atoms with van der Waals surface area (Å²) < 4.78 is 63.2. The quantitative estimate of drug-likeness (QED) is 0.822. The van der Waals surface area contributed by atoms with Crippen molar-refractivity contribution in [3.63, 3.8) is 0 Å². The van der Waals surface area contributed by atoms with Crippen molar-refractivity contribution >= 4 is 22.0 Å². The first kappa shape index (κ1) is 17.9. The van der Waals surface area contributed by atoms with Crippen LogP contribution >= 0.6 is 0 Å². The van der Waals surface area contributed by atoms with Crippen LogP contribution in [-0.4, -0.2) is 27.5 Å². The highest BCUT2D eigenvalue weighted by Crippen LogP contribution is 2.31. The van der Waals surface area contributed by atoms with Crippen LogP contribution in [0, 0.1) is 11.6 Å². The third kappa shape index (κ3) is 3.99. The second kappa shape index (κ2) is 7.12. The van der Waals surface area contributed by atoms with Gasteiger partial charge in [0.15, 0.2) is 11.5 Å². The van der Waals surface area contributed by atoms with Crippen LogP contribution in [0.3, 0.4) is 0 Å². The van der Waals surface area contributed by atoms with E-state index in [9.17, 15) is 22.0 Å². The molecule has 0 bridgehead atoms. The first-order valence-corrected chi connectivity index (χ1v) is 8.93. The molecule has 136 valence electrons. The number of ether oxygens (including phenoxy) is 2. The number of benzene rings is 2. The number of carbonyl (C=O) groups excluding carboxylic acids is 1. The summed E-state index contributed by atoms with van der Waals surface area (Å²) in [5.74, 6) is -2.03. The number of hydrogen-bond acceptors (Lipinski definition) is 5. The van der Waals surface area contributed by atoms with Gasteiger partial charge in [0.1, 0.15) is 29.7 Å². The van der Waals surface area contributed by atoms with Crippen molar-refractivity contribution in [2.45, 2.75) is 4.90 Å². The Labute approximate surface area is 148 Å². The lowest BCUT2D eigenvalue weighted by molar-refractivity contribution is -0.114. The summed E-state index contributed by atoms with van der Waals surface area (Å²) in [4.78, 5) is 10.9. The minimum absolute atomic E-state index is 0.401. The number of rotatable bonds is 4. The molecule has 9 heteroatoms. The summed E-state index contributed by atoms with van der Waals surface area (Å²) in [7, 11) is -4.54. The fraction of sp³-hybridized carbons (Fsp3) is 0.118. The molecule has 0 atom stereocenters. The van der Waals surface area contributed by atoms with Crippen molar-refractivity contribution < 1.29 is 31.5 Å². The van der Waals surface area contributed by atoms with Gasteiger partial charge in [-0.2, -0.15) is 0 Å². The molecule has 26 heavy (non-hydrogen) atoms. The zero-order chi connectivity index (χ0) is 18.7. The van der Waals surface area contributed by atoms with Gasteiger partial charge >= 0.3 is 0 Å². The average molecular weight is 381 g/mol. The van der Waals surface area contributed by atoms with E-state index in [1.807, 2.05) is 0 Å². The van der Waals surface area contributed by atoms with Crippen LogP contribution in [0.5, 0.6) is 11.5 Å². The molecule has 0 spiro atoms. The van der Waals surface area contributed by atoms with E-state index < -0.39 is 32.5 Å². The summed E-state index contributed by atoms with van der Waals surface area (Å²) in [5, 5.41) is 0. The van der Waals surface area contributed by atoms with E-state index in [2.05, 4.69) is 0 Å². The number of carbonyl (C=O) groups is 1. The van der Waals surface area contributed by atoms with E-state index in [1.54, 1.807) is 22.9 Å². The molecular formula is C17H13F2NO5S. The van der Waals surface area contributed by atoms with Gasteiger partial charge in [0, 0.05) is 6.08 Å². The number of amides is 1. The zero-order valence-corrected chi connectivity index (χ0v) is 14.1. The topological polar surface area (TPSA) is 81.7 Å². The van der Waals surface area contributed by atoms with E-state index in [4.69, 9.17) is 9.47 Å². The van der Waals surface area contributed by atoms with Crippen molar-refractivity contribution in [1.82, 2.24) is 4.72 Å². The molecule has 6 nitrogen and oxygen atoms in total. The maximum atomic E-state index is 13.6. The standard InChI is InChI=1S/C17H13F2NO5S/c18-12-3-4-13(19)16(10-12)26(22,23)20-17(21)6-2-11-1-5-14-15(9-11)25-8-7-24-14/h1-6,9-10H,7-8H2,(H,20,21).